The quantitative estimate of drug-likeness (QED) is 0.635. The molecule has 0 saturated heterocycles. The van der Waals surface area contributed by atoms with Gasteiger partial charge in [0.1, 0.15) is 6.04 Å². The molecule has 1 aromatic heterocycles. The molecule has 6 nitrogen and oxygen atoms in total. The maximum atomic E-state index is 12.4. The maximum Gasteiger partial charge on any atom is 0.251 e. The lowest BCUT2D eigenvalue weighted by Gasteiger charge is -2.18. The average molecular weight is 360 g/mol. The third-order valence-corrected chi connectivity index (χ3v) is 4.33. The first-order valence-electron chi connectivity index (χ1n) is 8.30. The van der Waals surface area contributed by atoms with Gasteiger partial charge in [0.15, 0.2) is 0 Å². The number of thioether (sulfide) groups is 1. The highest BCUT2D eigenvalue weighted by Gasteiger charge is 2.20. The van der Waals surface area contributed by atoms with Crippen LogP contribution in [0.3, 0.4) is 0 Å². The molecule has 2 amide bonds. The summed E-state index contributed by atoms with van der Waals surface area (Å²) in [7, 11) is 0. The minimum Gasteiger partial charge on any atom is -0.354 e. The monoisotopic (exact) mass is 360 g/mol. The standard InChI is InChI=1S/C18H24N4O2S/c1-25-14-9-16(21-17(23)15-7-3-2-4-8-15)18(24)19-10-5-12-22-13-6-11-20-22/h2-4,6-8,11,13,16H,5,9-10,12,14H2,1H3,(H,19,24)(H,21,23). The van der Waals surface area contributed by atoms with Crippen LogP contribution in [0.25, 0.3) is 0 Å². The molecule has 0 spiro atoms. The number of carbonyl (C=O) groups is 2. The van der Waals surface area contributed by atoms with Gasteiger partial charge in [-0.25, -0.2) is 0 Å². The Labute approximate surface area is 152 Å². The van der Waals surface area contributed by atoms with Gasteiger partial charge in [0.05, 0.1) is 0 Å². The Bertz CT molecular complexity index is 646. The van der Waals surface area contributed by atoms with Crippen LogP contribution in [0, 0.1) is 0 Å². The second kappa shape index (κ2) is 10.6. The number of hydrogen-bond acceptors (Lipinski definition) is 4. The van der Waals surface area contributed by atoms with Crippen LogP contribution in [0.1, 0.15) is 23.2 Å². The molecule has 0 aliphatic carbocycles. The molecule has 2 aromatic rings. The summed E-state index contributed by atoms with van der Waals surface area (Å²) in [4.78, 5) is 24.7. The molecule has 0 aliphatic heterocycles. The summed E-state index contributed by atoms with van der Waals surface area (Å²) in [6, 6.07) is 10.3. The van der Waals surface area contributed by atoms with Crippen LogP contribution in [0.15, 0.2) is 48.8 Å². The summed E-state index contributed by atoms with van der Waals surface area (Å²) in [5.41, 5.74) is 0.558. The molecule has 1 aromatic carbocycles. The van der Waals surface area contributed by atoms with Gasteiger partial charge >= 0.3 is 0 Å². The van der Waals surface area contributed by atoms with E-state index in [0.29, 0.717) is 18.5 Å². The van der Waals surface area contributed by atoms with E-state index in [1.807, 2.05) is 29.3 Å². The van der Waals surface area contributed by atoms with Crippen molar-refractivity contribution in [3.63, 3.8) is 0 Å². The summed E-state index contributed by atoms with van der Waals surface area (Å²) in [6.07, 6.45) is 7.00. The molecule has 0 fully saturated rings. The second-order valence-corrected chi connectivity index (χ2v) is 6.57. The summed E-state index contributed by atoms with van der Waals surface area (Å²) in [5, 5.41) is 9.87. The maximum absolute atomic E-state index is 12.4. The Kier molecular flexibility index (Phi) is 8.04. The van der Waals surface area contributed by atoms with Gasteiger partial charge in [-0.3, -0.25) is 14.3 Å². The third-order valence-electron chi connectivity index (χ3n) is 3.69. The molecule has 1 heterocycles. The molecule has 0 radical (unpaired) electrons. The van der Waals surface area contributed by atoms with Crippen LogP contribution >= 0.6 is 11.8 Å². The molecule has 0 bridgehead atoms. The molecule has 134 valence electrons. The Morgan fingerprint density at radius 2 is 2.04 bits per heavy atom. The summed E-state index contributed by atoms with van der Waals surface area (Å²) >= 11 is 1.65. The van der Waals surface area contributed by atoms with Crippen LogP contribution in [-0.2, 0) is 11.3 Å². The Hall–Kier alpha value is -2.28. The second-order valence-electron chi connectivity index (χ2n) is 5.59. The number of benzene rings is 1. The van der Waals surface area contributed by atoms with E-state index in [1.54, 1.807) is 42.2 Å². The first-order chi connectivity index (χ1) is 12.2. The highest BCUT2D eigenvalue weighted by atomic mass is 32.2. The van der Waals surface area contributed by atoms with E-state index >= 15 is 0 Å². The van der Waals surface area contributed by atoms with Crippen LogP contribution < -0.4 is 10.6 Å². The molecule has 7 heteroatoms. The Morgan fingerprint density at radius 1 is 1.24 bits per heavy atom. The van der Waals surface area contributed by atoms with E-state index in [-0.39, 0.29) is 11.8 Å². The predicted octanol–water partition coefficient (Wildman–Crippen LogP) is 1.94. The van der Waals surface area contributed by atoms with Crippen LogP contribution in [0.2, 0.25) is 0 Å². The van der Waals surface area contributed by atoms with Gasteiger partial charge in [0, 0.05) is 31.0 Å². The Morgan fingerprint density at radius 3 is 2.72 bits per heavy atom. The van der Waals surface area contributed by atoms with E-state index in [9.17, 15) is 9.59 Å². The Balaban J connectivity index is 1.82. The van der Waals surface area contributed by atoms with E-state index < -0.39 is 6.04 Å². The lowest BCUT2D eigenvalue weighted by Crippen LogP contribution is -2.47. The molecule has 2 rings (SSSR count). The summed E-state index contributed by atoms with van der Waals surface area (Å²) in [5.74, 6) is 0.442. The van der Waals surface area contributed by atoms with Crippen molar-refractivity contribution < 1.29 is 9.59 Å². The highest BCUT2D eigenvalue weighted by molar-refractivity contribution is 7.98. The zero-order valence-corrected chi connectivity index (χ0v) is 15.2. The van der Waals surface area contributed by atoms with Crippen molar-refractivity contribution in [1.29, 1.82) is 0 Å². The van der Waals surface area contributed by atoms with Crippen LogP contribution in [0.4, 0.5) is 0 Å². The highest BCUT2D eigenvalue weighted by Crippen LogP contribution is 2.04. The number of aryl methyl sites for hydroxylation is 1. The summed E-state index contributed by atoms with van der Waals surface area (Å²) < 4.78 is 1.83. The number of carbonyl (C=O) groups excluding carboxylic acids is 2. The largest absolute Gasteiger partial charge is 0.354 e. The van der Waals surface area contributed by atoms with Crippen molar-refractivity contribution in [3.05, 3.63) is 54.4 Å². The minimum absolute atomic E-state index is 0.140. The van der Waals surface area contributed by atoms with Gasteiger partial charge in [0.25, 0.3) is 5.91 Å². The molecular weight excluding hydrogens is 336 g/mol. The predicted molar refractivity (Wildman–Crippen MR) is 101 cm³/mol. The smallest absolute Gasteiger partial charge is 0.251 e. The fraction of sp³-hybridized carbons (Fsp3) is 0.389. The van der Waals surface area contributed by atoms with E-state index in [2.05, 4.69) is 15.7 Å². The number of rotatable bonds is 10. The number of aromatic nitrogens is 2. The number of hydrogen-bond donors (Lipinski definition) is 2. The van der Waals surface area contributed by atoms with Gasteiger partial charge in [-0.05, 0) is 43.0 Å². The molecular formula is C18H24N4O2S. The van der Waals surface area contributed by atoms with Gasteiger partial charge in [-0.1, -0.05) is 18.2 Å². The fourth-order valence-electron chi connectivity index (χ4n) is 2.34. The normalized spacial score (nSPS) is 11.7. The molecule has 0 saturated carbocycles. The van der Waals surface area contributed by atoms with Crippen molar-refractivity contribution in [1.82, 2.24) is 20.4 Å². The van der Waals surface area contributed by atoms with Gasteiger partial charge < -0.3 is 10.6 Å². The van der Waals surface area contributed by atoms with Gasteiger partial charge in [-0.15, -0.1) is 0 Å². The van der Waals surface area contributed by atoms with Crippen molar-refractivity contribution in [3.8, 4) is 0 Å². The zero-order chi connectivity index (χ0) is 17.9. The average Bonchev–Trinajstić information content (AvgIpc) is 3.16. The lowest BCUT2D eigenvalue weighted by atomic mass is 10.1. The van der Waals surface area contributed by atoms with Crippen LogP contribution in [0.5, 0.6) is 0 Å². The first-order valence-corrected chi connectivity index (χ1v) is 9.70. The van der Waals surface area contributed by atoms with Crippen molar-refractivity contribution in [2.45, 2.75) is 25.4 Å². The number of amides is 2. The molecule has 2 N–H and O–H groups in total. The van der Waals surface area contributed by atoms with Crippen molar-refractivity contribution in [2.24, 2.45) is 0 Å². The van der Waals surface area contributed by atoms with E-state index in [4.69, 9.17) is 0 Å². The summed E-state index contributed by atoms with van der Waals surface area (Å²) in [6.45, 7) is 1.30. The van der Waals surface area contributed by atoms with Crippen molar-refractivity contribution in [2.75, 3.05) is 18.6 Å². The SMILES string of the molecule is CSCCC(NC(=O)c1ccccc1)C(=O)NCCCn1cccn1. The minimum atomic E-state index is -0.523. The van der Waals surface area contributed by atoms with Crippen molar-refractivity contribution >= 4 is 23.6 Å². The topological polar surface area (TPSA) is 76.0 Å². The molecule has 1 unspecified atom stereocenters. The van der Waals surface area contributed by atoms with Crippen LogP contribution in [-0.4, -0.2) is 46.2 Å². The van der Waals surface area contributed by atoms with Gasteiger partial charge in [0.2, 0.25) is 5.91 Å². The third kappa shape index (κ3) is 6.62. The molecule has 1 atom stereocenters. The number of nitrogens with one attached hydrogen (secondary N) is 2. The fourth-order valence-corrected chi connectivity index (χ4v) is 2.82. The first kappa shape index (κ1) is 19.1. The molecule has 0 aliphatic rings. The van der Waals surface area contributed by atoms with E-state index in [0.717, 1.165) is 18.7 Å². The molecule has 25 heavy (non-hydrogen) atoms. The van der Waals surface area contributed by atoms with E-state index in [1.165, 1.54) is 0 Å². The number of nitrogens with zero attached hydrogens (tertiary/aromatic N) is 2. The van der Waals surface area contributed by atoms with Gasteiger partial charge in [-0.2, -0.15) is 16.9 Å². The lowest BCUT2D eigenvalue weighted by molar-refractivity contribution is -0.123. The zero-order valence-electron chi connectivity index (χ0n) is 14.4.